The van der Waals surface area contributed by atoms with E-state index in [0.29, 0.717) is 5.56 Å². The number of para-hydroxylation sites is 1. The number of nitrogens with one attached hydrogen (secondary N) is 1. The van der Waals surface area contributed by atoms with Crippen molar-refractivity contribution in [3.05, 3.63) is 75.3 Å². The molecule has 0 aliphatic rings. The summed E-state index contributed by atoms with van der Waals surface area (Å²) in [4.78, 5) is 33.0. The predicted molar refractivity (Wildman–Crippen MR) is 77.7 cm³/mol. The van der Waals surface area contributed by atoms with Crippen LogP contribution in [0.25, 0.3) is 0 Å². The first-order chi connectivity index (χ1) is 10.5. The van der Waals surface area contributed by atoms with Crippen molar-refractivity contribution in [3.8, 4) is 0 Å². The molecule has 2 N–H and O–H groups in total. The van der Waals surface area contributed by atoms with Crippen molar-refractivity contribution in [2.45, 2.75) is 6.54 Å². The highest BCUT2D eigenvalue weighted by Crippen LogP contribution is 2.17. The summed E-state index contributed by atoms with van der Waals surface area (Å²) in [6.45, 7) is 0.144. The fourth-order valence-electron chi connectivity index (χ4n) is 1.87. The molecule has 2 aromatic rings. The Morgan fingerprint density at radius 2 is 1.73 bits per heavy atom. The van der Waals surface area contributed by atoms with Crippen molar-refractivity contribution in [2.75, 3.05) is 0 Å². The molecule has 0 aliphatic carbocycles. The van der Waals surface area contributed by atoms with E-state index in [0.717, 1.165) is 0 Å². The third-order valence-electron chi connectivity index (χ3n) is 3.00. The minimum absolute atomic E-state index is 0.0188. The number of nitro groups is 1. The van der Waals surface area contributed by atoms with Crippen molar-refractivity contribution in [2.24, 2.45) is 0 Å². The lowest BCUT2D eigenvalue weighted by Crippen LogP contribution is -2.23. The first-order valence-corrected chi connectivity index (χ1v) is 6.33. The largest absolute Gasteiger partial charge is 0.478 e. The number of hydrogen-bond donors (Lipinski definition) is 2. The van der Waals surface area contributed by atoms with Crippen molar-refractivity contribution < 1.29 is 19.6 Å². The normalized spacial score (nSPS) is 10.0. The Labute approximate surface area is 125 Å². The first-order valence-electron chi connectivity index (χ1n) is 6.33. The van der Waals surface area contributed by atoms with E-state index in [1.54, 1.807) is 18.2 Å². The Bertz CT molecular complexity index is 725. The maximum atomic E-state index is 12.0. The Kier molecular flexibility index (Phi) is 4.47. The Hall–Kier alpha value is -3.22. The van der Waals surface area contributed by atoms with Crippen LogP contribution in [0.5, 0.6) is 0 Å². The zero-order chi connectivity index (χ0) is 16.1. The molecule has 0 heterocycles. The number of aromatic carboxylic acids is 1. The number of benzene rings is 2. The van der Waals surface area contributed by atoms with Crippen LogP contribution >= 0.6 is 0 Å². The Morgan fingerprint density at radius 3 is 2.32 bits per heavy atom. The van der Waals surface area contributed by atoms with E-state index >= 15 is 0 Å². The fraction of sp³-hybridized carbons (Fsp3) is 0.0667. The summed E-state index contributed by atoms with van der Waals surface area (Å²) in [7, 11) is 0. The molecule has 0 atom stereocenters. The van der Waals surface area contributed by atoms with Gasteiger partial charge in [0.15, 0.2) is 0 Å². The van der Waals surface area contributed by atoms with Crippen molar-refractivity contribution in [1.29, 1.82) is 0 Å². The van der Waals surface area contributed by atoms with Crippen LogP contribution in [0.15, 0.2) is 48.5 Å². The van der Waals surface area contributed by atoms with Gasteiger partial charge >= 0.3 is 5.97 Å². The van der Waals surface area contributed by atoms with Crippen LogP contribution in [0.3, 0.4) is 0 Å². The predicted octanol–water partition coefficient (Wildman–Crippen LogP) is 2.22. The van der Waals surface area contributed by atoms with Crippen LogP contribution < -0.4 is 5.32 Å². The minimum atomic E-state index is -1.03. The molecule has 112 valence electrons. The van der Waals surface area contributed by atoms with Gasteiger partial charge in [-0.25, -0.2) is 4.79 Å². The van der Waals surface area contributed by atoms with Gasteiger partial charge in [0.1, 0.15) is 5.56 Å². The maximum Gasteiger partial charge on any atom is 0.335 e. The van der Waals surface area contributed by atoms with E-state index in [4.69, 9.17) is 5.11 Å². The molecule has 0 unspecified atom stereocenters. The number of carboxylic acids is 1. The maximum absolute atomic E-state index is 12.0. The lowest BCUT2D eigenvalue weighted by molar-refractivity contribution is -0.385. The molecule has 0 fully saturated rings. The molecule has 1 amide bonds. The minimum Gasteiger partial charge on any atom is -0.478 e. The number of hydrogen-bond acceptors (Lipinski definition) is 4. The van der Waals surface area contributed by atoms with Crippen LogP contribution in [0.1, 0.15) is 26.3 Å². The van der Waals surface area contributed by atoms with Gasteiger partial charge in [-0.1, -0.05) is 24.3 Å². The SMILES string of the molecule is O=C(O)c1ccc(CNC(=O)c2ccccc2[N+](=O)[O-])cc1. The summed E-state index contributed by atoms with van der Waals surface area (Å²) in [5.74, 6) is -1.59. The average Bonchev–Trinajstić information content (AvgIpc) is 2.53. The molecule has 0 radical (unpaired) electrons. The van der Waals surface area contributed by atoms with Gasteiger partial charge in [0, 0.05) is 12.6 Å². The zero-order valence-corrected chi connectivity index (χ0v) is 11.4. The second-order valence-electron chi connectivity index (χ2n) is 4.46. The molecule has 2 aromatic carbocycles. The highest BCUT2D eigenvalue weighted by Gasteiger charge is 2.18. The molecule has 0 saturated carbocycles. The Balaban J connectivity index is 2.07. The van der Waals surface area contributed by atoms with Crippen LogP contribution in [0.2, 0.25) is 0 Å². The molecule has 0 bridgehead atoms. The number of carbonyl (C=O) groups is 2. The molecule has 0 aromatic heterocycles. The topological polar surface area (TPSA) is 110 Å². The lowest BCUT2D eigenvalue weighted by Gasteiger charge is -2.06. The van der Waals surface area contributed by atoms with Crippen molar-refractivity contribution >= 4 is 17.6 Å². The standard InChI is InChI=1S/C15H12N2O5/c18-14(12-3-1-2-4-13(12)17(21)22)16-9-10-5-7-11(8-6-10)15(19)20/h1-8H,9H2,(H,16,18)(H,19,20). The monoisotopic (exact) mass is 300 g/mol. The van der Waals surface area contributed by atoms with Gasteiger partial charge in [0.25, 0.3) is 11.6 Å². The third-order valence-corrected chi connectivity index (χ3v) is 3.00. The van der Waals surface area contributed by atoms with Crippen LogP contribution in [0.4, 0.5) is 5.69 Å². The number of carboxylic acid groups (broad SMARTS) is 1. The second kappa shape index (κ2) is 6.49. The molecule has 7 heteroatoms. The number of amides is 1. The molecule has 0 aliphatic heterocycles. The van der Waals surface area contributed by atoms with E-state index < -0.39 is 16.8 Å². The van der Waals surface area contributed by atoms with Crippen LogP contribution in [-0.4, -0.2) is 21.9 Å². The van der Waals surface area contributed by atoms with Crippen LogP contribution in [0, 0.1) is 10.1 Å². The van der Waals surface area contributed by atoms with Gasteiger partial charge in [-0.3, -0.25) is 14.9 Å². The van der Waals surface area contributed by atoms with E-state index in [1.807, 2.05) is 0 Å². The van der Waals surface area contributed by atoms with Crippen molar-refractivity contribution in [1.82, 2.24) is 5.32 Å². The number of rotatable bonds is 5. The van der Waals surface area contributed by atoms with Gasteiger partial charge in [-0.2, -0.15) is 0 Å². The third kappa shape index (κ3) is 3.45. The van der Waals surface area contributed by atoms with E-state index in [1.165, 1.54) is 30.3 Å². The summed E-state index contributed by atoms with van der Waals surface area (Å²) in [6, 6.07) is 11.7. The van der Waals surface area contributed by atoms with Gasteiger partial charge in [0.05, 0.1) is 10.5 Å². The summed E-state index contributed by atoms with van der Waals surface area (Å²) in [5.41, 5.74) is 0.557. The number of carbonyl (C=O) groups excluding carboxylic acids is 1. The van der Waals surface area contributed by atoms with E-state index in [9.17, 15) is 19.7 Å². The molecule has 22 heavy (non-hydrogen) atoms. The second-order valence-corrected chi connectivity index (χ2v) is 4.46. The van der Waals surface area contributed by atoms with Gasteiger partial charge < -0.3 is 10.4 Å². The van der Waals surface area contributed by atoms with Crippen LogP contribution in [-0.2, 0) is 6.54 Å². The van der Waals surface area contributed by atoms with Gasteiger partial charge in [-0.15, -0.1) is 0 Å². The fourth-order valence-corrected chi connectivity index (χ4v) is 1.87. The average molecular weight is 300 g/mol. The summed E-state index contributed by atoms with van der Waals surface area (Å²) < 4.78 is 0. The van der Waals surface area contributed by atoms with Gasteiger partial charge in [0.2, 0.25) is 0 Å². The highest BCUT2D eigenvalue weighted by molar-refractivity contribution is 5.98. The van der Waals surface area contributed by atoms with Crippen molar-refractivity contribution in [3.63, 3.8) is 0 Å². The lowest BCUT2D eigenvalue weighted by atomic mass is 10.1. The molecular formula is C15H12N2O5. The van der Waals surface area contributed by atoms with Gasteiger partial charge in [-0.05, 0) is 23.8 Å². The first kappa shape index (κ1) is 15.2. The van der Waals surface area contributed by atoms with E-state index in [-0.39, 0.29) is 23.4 Å². The summed E-state index contributed by atoms with van der Waals surface area (Å²) in [5, 5.41) is 22.2. The molecule has 7 nitrogen and oxygen atoms in total. The highest BCUT2D eigenvalue weighted by atomic mass is 16.6. The molecule has 2 rings (SSSR count). The quantitative estimate of drug-likeness (QED) is 0.650. The zero-order valence-electron chi connectivity index (χ0n) is 11.4. The Morgan fingerprint density at radius 1 is 1.09 bits per heavy atom. The molecule has 0 spiro atoms. The smallest absolute Gasteiger partial charge is 0.335 e. The molecule has 0 saturated heterocycles. The summed E-state index contributed by atoms with van der Waals surface area (Å²) in [6.07, 6.45) is 0. The summed E-state index contributed by atoms with van der Waals surface area (Å²) >= 11 is 0. The van der Waals surface area contributed by atoms with E-state index in [2.05, 4.69) is 5.32 Å². The number of nitrogens with zero attached hydrogens (tertiary/aromatic N) is 1. The molecular weight excluding hydrogens is 288 g/mol. The number of nitro benzene ring substituents is 1.